The minimum atomic E-state index is 1.07. The number of hydrogen-bond donors (Lipinski definition) is 0. The summed E-state index contributed by atoms with van der Waals surface area (Å²) in [6.45, 7) is 0. The van der Waals surface area contributed by atoms with E-state index in [0.717, 1.165) is 20.9 Å². The second-order valence-corrected chi connectivity index (χ2v) is 9.82. The van der Waals surface area contributed by atoms with E-state index in [4.69, 9.17) is 0 Å². The van der Waals surface area contributed by atoms with Gasteiger partial charge in [0, 0.05) is 33.0 Å². The number of benzene rings is 1. The monoisotopic (exact) mass is 454 g/mol. The second-order valence-electron chi connectivity index (χ2n) is 6.43. The molecule has 30 heavy (non-hydrogen) atoms. The van der Waals surface area contributed by atoms with Gasteiger partial charge in [-0.25, -0.2) is 0 Å². The molecule has 142 valence electrons. The highest BCUT2D eigenvalue weighted by Crippen LogP contribution is 2.32. The molecule has 4 heteroatoms. The summed E-state index contributed by atoms with van der Waals surface area (Å²) in [5, 5.41) is 12.5. The SMILES string of the molecule is C(#Cc1sccc1-c1ccc(-c2ccsc2C#Cc2ccsc2)cc1)c1ccsc1. The molecule has 0 spiro atoms. The maximum absolute atomic E-state index is 3.33. The first-order valence-electron chi connectivity index (χ1n) is 9.21. The Morgan fingerprint density at radius 2 is 0.933 bits per heavy atom. The minimum absolute atomic E-state index is 1.07. The predicted octanol–water partition coefficient (Wildman–Crippen LogP) is 8.07. The Balaban J connectivity index is 1.42. The van der Waals surface area contributed by atoms with Crippen LogP contribution in [0.1, 0.15) is 20.9 Å². The molecule has 0 aliphatic carbocycles. The Kier molecular flexibility index (Phi) is 5.66. The lowest BCUT2D eigenvalue weighted by Gasteiger charge is -2.03. The number of thiophene rings is 4. The summed E-state index contributed by atoms with van der Waals surface area (Å²) in [7, 11) is 0. The van der Waals surface area contributed by atoms with Crippen LogP contribution in [0.4, 0.5) is 0 Å². The van der Waals surface area contributed by atoms with Crippen molar-refractivity contribution in [1.82, 2.24) is 0 Å². The molecule has 0 radical (unpaired) electrons. The first-order valence-corrected chi connectivity index (χ1v) is 12.9. The average Bonchev–Trinajstić information content (AvgIpc) is 3.58. The number of hydrogen-bond acceptors (Lipinski definition) is 4. The van der Waals surface area contributed by atoms with Crippen molar-refractivity contribution in [3.05, 3.63) is 102 Å². The highest BCUT2D eigenvalue weighted by molar-refractivity contribution is 7.11. The molecule has 0 bridgehead atoms. The summed E-state index contributed by atoms with van der Waals surface area (Å²) in [6.07, 6.45) is 0. The molecular weight excluding hydrogens is 441 g/mol. The lowest BCUT2D eigenvalue weighted by molar-refractivity contribution is 1.63. The minimum Gasteiger partial charge on any atom is -0.151 e. The lowest BCUT2D eigenvalue weighted by Crippen LogP contribution is -1.81. The zero-order valence-electron chi connectivity index (χ0n) is 15.7. The van der Waals surface area contributed by atoms with Crippen molar-refractivity contribution in [2.24, 2.45) is 0 Å². The van der Waals surface area contributed by atoms with Crippen LogP contribution in [0.2, 0.25) is 0 Å². The molecule has 4 aromatic heterocycles. The fourth-order valence-electron chi connectivity index (χ4n) is 3.03. The molecule has 0 amide bonds. The van der Waals surface area contributed by atoms with E-state index in [-0.39, 0.29) is 0 Å². The maximum atomic E-state index is 3.33. The lowest BCUT2D eigenvalue weighted by atomic mass is 10.0. The summed E-state index contributed by atoms with van der Waals surface area (Å²) in [5.41, 5.74) is 6.91. The van der Waals surface area contributed by atoms with Crippen LogP contribution in [0.25, 0.3) is 22.3 Å². The molecule has 5 rings (SSSR count). The molecule has 0 fully saturated rings. The summed E-state index contributed by atoms with van der Waals surface area (Å²) < 4.78 is 0. The van der Waals surface area contributed by atoms with Gasteiger partial charge in [0.05, 0.1) is 9.75 Å². The molecule has 4 heterocycles. The second kappa shape index (κ2) is 8.88. The third kappa shape index (κ3) is 4.19. The van der Waals surface area contributed by atoms with Crippen LogP contribution < -0.4 is 0 Å². The van der Waals surface area contributed by atoms with Crippen molar-refractivity contribution < 1.29 is 0 Å². The van der Waals surface area contributed by atoms with Crippen LogP contribution in [-0.2, 0) is 0 Å². The molecule has 0 aliphatic heterocycles. The van der Waals surface area contributed by atoms with E-state index in [1.807, 2.05) is 0 Å². The van der Waals surface area contributed by atoms with E-state index >= 15 is 0 Å². The van der Waals surface area contributed by atoms with E-state index in [2.05, 4.69) is 104 Å². The molecule has 1 aromatic carbocycles. The van der Waals surface area contributed by atoms with Crippen molar-refractivity contribution in [3.63, 3.8) is 0 Å². The Bertz CT molecular complexity index is 1260. The molecule has 0 saturated carbocycles. The van der Waals surface area contributed by atoms with Gasteiger partial charge in [-0.1, -0.05) is 47.9 Å². The zero-order valence-corrected chi connectivity index (χ0v) is 19.0. The Morgan fingerprint density at radius 3 is 1.33 bits per heavy atom. The van der Waals surface area contributed by atoms with E-state index in [0.29, 0.717) is 0 Å². The summed E-state index contributed by atoms with van der Waals surface area (Å²) in [5.74, 6) is 13.2. The standard InChI is InChI=1S/C26H14S4/c1(19-9-13-27-17-19)7-25-23(11-15-29-25)21-3-5-22(6-4-21)24-12-16-30-26(24)8-2-20-10-14-28-18-20/h3-6,9-18H. The predicted molar refractivity (Wildman–Crippen MR) is 134 cm³/mol. The molecular formula is C26H14S4. The first-order chi connectivity index (χ1) is 14.9. The maximum Gasteiger partial charge on any atom is 0.0850 e. The van der Waals surface area contributed by atoms with Crippen LogP contribution in [0.5, 0.6) is 0 Å². The molecule has 0 unspecified atom stereocenters. The van der Waals surface area contributed by atoms with Crippen molar-refractivity contribution in [3.8, 4) is 45.9 Å². The molecule has 0 aliphatic rings. The van der Waals surface area contributed by atoms with Crippen molar-refractivity contribution >= 4 is 45.3 Å². The van der Waals surface area contributed by atoms with Gasteiger partial charge in [-0.3, -0.25) is 0 Å². The number of rotatable bonds is 2. The van der Waals surface area contributed by atoms with Crippen LogP contribution in [-0.4, -0.2) is 0 Å². The highest BCUT2D eigenvalue weighted by Gasteiger charge is 2.08. The zero-order chi connectivity index (χ0) is 20.2. The fraction of sp³-hybridized carbons (Fsp3) is 0. The summed E-state index contributed by atoms with van der Waals surface area (Å²) in [4.78, 5) is 2.21. The van der Waals surface area contributed by atoms with Gasteiger partial charge in [-0.2, -0.15) is 22.7 Å². The quantitative estimate of drug-likeness (QED) is 0.237. The Hall–Kier alpha value is -2.86. The molecule has 0 nitrogen and oxygen atoms in total. The largest absolute Gasteiger partial charge is 0.151 e. The van der Waals surface area contributed by atoms with Gasteiger partial charge < -0.3 is 0 Å². The first kappa shape index (κ1) is 19.1. The summed E-state index contributed by atoms with van der Waals surface area (Å²) >= 11 is 6.73. The van der Waals surface area contributed by atoms with Crippen LogP contribution >= 0.6 is 45.3 Å². The van der Waals surface area contributed by atoms with Crippen molar-refractivity contribution in [2.45, 2.75) is 0 Å². The van der Waals surface area contributed by atoms with Crippen molar-refractivity contribution in [2.75, 3.05) is 0 Å². The average molecular weight is 455 g/mol. The topological polar surface area (TPSA) is 0 Å². The Labute approximate surface area is 192 Å². The van der Waals surface area contributed by atoms with Gasteiger partial charge >= 0.3 is 0 Å². The highest BCUT2D eigenvalue weighted by atomic mass is 32.1. The van der Waals surface area contributed by atoms with Crippen molar-refractivity contribution in [1.29, 1.82) is 0 Å². The van der Waals surface area contributed by atoms with Crippen LogP contribution in [0.15, 0.2) is 80.8 Å². The molecule has 0 N–H and O–H groups in total. The Morgan fingerprint density at radius 1 is 0.467 bits per heavy atom. The van der Waals surface area contributed by atoms with E-state index in [9.17, 15) is 0 Å². The van der Waals surface area contributed by atoms with Gasteiger partial charge in [0.15, 0.2) is 0 Å². The van der Waals surface area contributed by atoms with E-state index in [1.54, 1.807) is 45.3 Å². The van der Waals surface area contributed by atoms with Crippen LogP contribution in [0.3, 0.4) is 0 Å². The normalized spacial score (nSPS) is 10.1. The van der Waals surface area contributed by atoms with Gasteiger partial charge in [-0.15, -0.1) is 22.7 Å². The molecule has 5 aromatic rings. The molecule has 0 atom stereocenters. The third-order valence-electron chi connectivity index (χ3n) is 4.52. The van der Waals surface area contributed by atoms with Gasteiger partial charge in [0.1, 0.15) is 0 Å². The van der Waals surface area contributed by atoms with E-state index < -0.39 is 0 Å². The summed E-state index contributed by atoms with van der Waals surface area (Å²) in [6, 6.07) is 17.1. The smallest absolute Gasteiger partial charge is 0.0850 e. The van der Waals surface area contributed by atoms with Gasteiger partial charge in [-0.05, 0) is 56.9 Å². The fourth-order valence-corrected chi connectivity index (χ4v) is 5.73. The van der Waals surface area contributed by atoms with Crippen LogP contribution in [0, 0.1) is 23.7 Å². The van der Waals surface area contributed by atoms with Gasteiger partial charge in [0.2, 0.25) is 0 Å². The van der Waals surface area contributed by atoms with Gasteiger partial charge in [0.25, 0.3) is 0 Å². The third-order valence-corrected chi connectivity index (χ3v) is 7.55. The van der Waals surface area contributed by atoms with E-state index in [1.165, 1.54) is 22.3 Å². The molecule has 0 saturated heterocycles.